The van der Waals surface area contributed by atoms with Crippen LogP contribution in [0.1, 0.15) is 68.1 Å². The zero-order valence-electron chi connectivity index (χ0n) is 27.9. The van der Waals surface area contributed by atoms with E-state index in [1.54, 1.807) is 4.90 Å². The molecule has 2 aliphatic rings. The van der Waals surface area contributed by atoms with Gasteiger partial charge in [-0.25, -0.2) is 4.98 Å². The van der Waals surface area contributed by atoms with Crippen molar-refractivity contribution in [2.24, 2.45) is 0 Å². The van der Waals surface area contributed by atoms with Crippen molar-refractivity contribution in [2.45, 2.75) is 64.0 Å². The summed E-state index contributed by atoms with van der Waals surface area (Å²) in [7, 11) is 0. The molecule has 4 aromatic rings. The maximum atomic E-state index is 13.6. The van der Waals surface area contributed by atoms with Gasteiger partial charge in [0, 0.05) is 29.8 Å². The number of aromatic amines is 1. The number of oxazole rings is 1. The number of anilines is 1. The first-order chi connectivity index (χ1) is 23.8. The summed E-state index contributed by atoms with van der Waals surface area (Å²) in [5.41, 5.74) is 3.44. The Hall–Kier alpha value is -5.45. The predicted molar refractivity (Wildman–Crippen MR) is 186 cm³/mol. The quantitative estimate of drug-likeness (QED) is 0.211. The van der Waals surface area contributed by atoms with Crippen LogP contribution in [0.5, 0.6) is 0 Å². The Labute approximate surface area is 285 Å². The first kappa shape index (κ1) is 33.5. The monoisotopic (exact) mass is 662 g/mol. The van der Waals surface area contributed by atoms with Gasteiger partial charge in [-0.15, -0.1) is 0 Å². The van der Waals surface area contributed by atoms with Gasteiger partial charge in [0.2, 0.25) is 17.7 Å². The molecule has 4 amide bonds. The topological polar surface area (TPSA) is 141 Å². The number of fused-ring (bicyclic) bond motifs is 1. The van der Waals surface area contributed by atoms with E-state index in [1.165, 1.54) is 17.4 Å². The largest absolute Gasteiger partial charge is 0.441 e. The van der Waals surface area contributed by atoms with Crippen molar-refractivity contribution in [1.29, 1.82) is 0 Å². The fourth-order valence-corrected chi connectivity index (χ4v) is 6.69. The molecule has 1 aliphatic carbocycles. The second-order valence-corrected chi connectivity index (χ2v) is 12.5. The number of nitrogens with one attached hydrogen (secondary N) is 3. The fraction of sp³-hybridized carbons (Fsp3) is 0.342. The van der Waals surface area contributed by atoms with Gasteiger partial charge in [0.05, 0.1) is 18.2 Å². The molecule has 0 spiro atoms. The summed E-state index contributed by atoms with van der Waals surface area (Å²) in [6, 6.07) is 18.7. The van der Waals surface area contributed by atoms with Crippen LogP contribution < -0.4 is 21.2 Å². The van der Waals surface area contributed by atoms with Crippen LogP contribution in [0.15, 0.2) is 77.5 Å². The standard InChI is InChI=1S/C38H42N6O5/c1-3-19-43(38(48)36-39-18-21-49-36)24-34(45)40-28-14-12-26(13-15-28)32-23-27-22-29(16-17-31(27)42-32)41-35(46)33-11-8-20-44(33)37(47)30(4-2)25-9-6-5-7-10-25/h5-7,9-10,12-15,17-18,21-23,29-30,33,42H,3-4,8,11,16,19-20,24H2,1-2H3,(H,40,45)(H,41,46). The first-order valence-corrected chi connectivity index (χ1v) is 17.0. The molecule has 254 valence electrons. The third-order valence-corrected chi connectivity index (χ3v) is 9.12. The Bertz CT molecular complexity index is 1900. The van der Waals surface area contributed by atoms with Gasteiger partial charge in [-0.2, -0.15) is 0 Å². The number of carbonyl (C=O) groups excluding carboxylic acids is 4. The van der Waals surface area contributed by atoms with E-state index in [1.807, 2.05) is 74.5 Å². The minimum atomic E-state index is -0.468. The maximum absolute atomic E-state index is 13.6. The van der Waals surface area contributed by atoms with E-state index in [0.717, 1.165) is 33.8 Å². The van der Waals surface area contributed by atoms with Crippen molar-refractivity contribution in [3.8, 4) is 11.3 Å². The number of hydrogen-bond acceptors (Lipinski definition) is 6. The second kappa shape index (κ2) is 15.2. The van der Waals surface area contributed by atoms with Crippen molar-refractivity contribution in [3.63, 3.8) is 0 Å². The summed E-state index contributed by atoms with van der Waals surface area (Å²) in [4.78, 5) is 63.1. The van der Waals surface area contributed by atoms with E-state index in [0.29, 0.717) is 44.5 Å². The molecule has 3 atom stereocenters. The number of likely N-dealkylation sites (tertiary alicyclic amines) is 1. The van der Waals surface area contributed by atoms with Crippen LogP contribution in [0.2, 0.25) is 0 Å². The summed E-state index contributed by atoms with van der Waals surface area (Å²) in [6.45, 7) is 4.81. The average Bonchev–Trinajstić information content (AvgIpc) is 3.90. The van der Waals surface area contributed by atoms with Gasteiger partial charge in [-0.1, -0.05) is 68.5 Å². The lowest BCUT2D eigenvalue weighted by molar-refractivity contribution is -0.139. The van der Waals surface area contributed by atoms with Gasteiger partial charge < -0.3 is 29.8 Å². The van der Waals surface area contributed by atoms with Crippen molar-refractivity contribution in [2.75, 3.05) is 25.0 Å². The summed E-state index contributed by atoms with van der Waals surface area (Å²) in [6.07, 6.45) is 10.3. The Morgan fingerprint density at radius 1 is 1.08 bits per heavy atom. The number of rotatable bonds is 12. The molecule has 11 heteroatoms. The summed E-state index contributed by atoms with van der Waals surface area (Å²) >= 11 is 0. The Morgan fingerprint density at radius 2 is 1.88 bits per heavy atom. The van der Waals surface area contributed by atoms with Gasteiger partial charge in [0.15, 0.2) is 0 Å². The molecule has 0 saturated carbocycles. The molecule has 2 aromatic heterocycles. The van der Waals surface area contributed by atoms with Gasteiger partial charge in [0.1, 0.15) is 18.8 Å². The Kier molecular flexibility index (Phi) is 10.4. The molecule has 0 radical (unpaired) electrons. The van der Waals surface area contributed by atoms with E-state index < -0.39 is 11.9 Å². The highest BCUT2D eigenvalue weighted by Gasteiger charge is 2.37. The van der Waals surface area contributed by atoms with Crippen LogP contribution >= 0.6 is 0 Å². The normalized spacial score (nSPS) is 17.3. The molecule has 3 unspecified atom stereocenters. The molecule has 1 saturated heterocycles. The number of benzene rings is 2. The van der Waals surface area contributed by atoms with E-state index in [4.69, 9.17) is 4.42 Å². The Balaban J connectivity index is 1.07. The number of H-pyrrole nitrogens is 1. The van der Waals surface area contributed by atoms with Crippen molar-refractivity contribution in [1.82, 2.24) is 25.1 Å². The fourth-order valence-electron chi connectivity index (χ4n) is 6.69. The van der Waals surface area contributed by atoms with Crippen LogP contribution in [0.4, 0.5) is 5.69 Å². The molecular formula is C38H42N6O5. The highest BCUT2D eigenvalue weighted by atomic mass is 16.4. The predicted octanol–water partition coefficient (Wildman–Crippen LogP) is 3.79. The number of carbonyl (C=O) groups is 4. The lowest BCUT2D eigenvalue weighted by Gasteiger charge is -2.29. The lowest BCUT2D eigenvalue weighted by atomic mass is 9.94. The third kappa shape index (κ3) is 7.66. The molecule has 11 nitrogen and oxygen atoms in total. The minimum Gasteiger partial charge on any atom is -0.441 e. The SMILES string of the molecule is CCCN(CC(=O)Nc1ccc(-c2cc3c([nH]2)=CCC(NC(=O)C2CCCN2C(=O)C(CC)c2ccccc2)C=3)cc1)C(=O)c1ncco1. The van der Waals surface area contributed by atoms with Crippen LogP contribution in [0.25, 0.3) is 23.4 Å². The van der Waals surface area contributed by atoms with Crippen LogP contribution in [0, 0.1) is 0 Å². The van der Waals surface area contributed by atoms with E-state index >= 15 is 0 Å². The van der Waals surface area contributed by atoms with Gasteiger partial charge in [-0.3, -0.25) is 19.2 Å². The number of nitrogens with zero attached hydrogens (tertiary/aromatic N) is 3. The molecule has 6 rings (SSSR count). The Morgan fingerprint density at radius 3 is 2.59 bits per heavy atom. The molecule has 2 aromatic carbocycles. The highest BCUT2D eigenvalue weighted by Crippen LogP contribution is 2.27. The molecule has 1 aliphatic heterocycles. The number of aromatic nitrogens is 2. The summed E-state index contributed by atoms with van der Waals surface area (Å²) in [5.74, 6) is -1.14. The smallest absolute Gasteiger partial charge is 0.310 e. The summed E-state index contributed by atoms with van der Waals surface area (Å²) in [5, 5.41) is 8.02. The second-order valence-electron chi connectivity index (χ2n) is 12.5. The first-order valence-electron chi connectivity index (χ1n) is 17.0. The lowest BCUT2D eigenvalue weighted by Crippen LogP contribution is -2.50. The van der Waals surface area contributed by atoms with Crippen LogP contribution in [0.3, 0.4) is 0 Å². The zero-order chi connectivity index (χ0) is 34.3. The highest BCUT2D eigenvalue weighted by molar-refractivity contribution is 5.97. The van der Waals surface area contributed by atoms with Crippen molar-refractivity contribution >= 4 is 41.5 Å². The molecule has 49 heavy (non-hydrogen) atoms. The zero-order valence-corrected chi connectivity index (χ0v) is 27.9. The van der Waals surface area contributed by atoms with E-state index in [-0.39, 0.29) is 42.1 Å². The van der Waals surface area contributed by atoms with Gasteiger partial charge in [0.25, 0.3) is 5.89 Å². The van der Waals surface area contributed by atoms with Gasteiger partial charge in [-0.05, 0) is 66.6 Å². The van der Waals surface area contributed by atoms with Crippen LogP contribution in [-0.4, -0.2) is 75.1 Å². The average molecular weight is 663 g/mol. The number of hydrogen-bond donors (Lipinski definition) is 3. The van der Waals surface area contributed by atoms with Crippen molar-refractivity contribution in [3.05, 3.63) is 95.1 Å². The maximum Gasteiger partial charge on any atom is 0.310 e. The number of amides is 4. The molecule has 1 fully saturated rings. The summed E-state index contributed by atoms with van der Waals surface area (Å²) < 4.78 is 5.11. The third-order valence-electron chi connectivity index (χ3n) is 9.12. The molecule has 3 heterocycles. The minimum absolute atomic E-state index is 0.0184. The molecule has 0 bridgehead atoms. The van der Waals surface area contributed by atoms with E-state index in [2.05, 4.69) is 32.8 Å². The van der Waals surface area contributed by atoms with E-state index in [9.17, 15) is 19.2 Å². The molecule has 3 N–H and O–H groups in total. The van der Waals surface area contributed by atoms with Crippen LogP contribution in [-0.2, 0) is 14.4 Å². The van der Waals surface area contributed by atoms with Crippen molar-refractivity contribution < 1.29 is 23.6 Å². The van der Waals surface area contributed by atoms with Gasteiger partial charge >= 0.3 is 5.91 Å². The molecular weight excluding hydrogens is 620 g/mol.